The number of hydrogen-bond donors (Lipinski definition) is 2. The first kappa shape index (κ1) is 14.6. The summed E-state index contributed by atoms with van der Waals surface area (Å²) in [5.41, 5.74) is 9.00. The number of anilines is 2. The van der Waals surface area contributed by atoms with Gasteiger partial charge in [-0.3, -0.25) is 4.79 Å². The van der Waals surface area contributed by atoms with Gasteiger partial charge in [0.25, 0.3) is 0 Å². The normalized spacial score (nSPS) is 10.8. The molecule has 0 unspecified atom stereocenters. The van der Waals surface area contributed by atoms with Crippen LogP contribution in [0.2, 0.25) is 0 Å². The number of Topliss-reactive ketones (excluding diaryl/α,β-unsaturated/α-hetero) is 1. The Labute approximate surface area is 123 Å². The summed E-state index contributed by atoms with van der Waals surface area (Å²) >= 11 is 1.44. The quantitative estimate of drug-likeness (QED) is 0.815. The molecule has 0 spiro atoms. The van der Waals surface area contributed by atoms with Crippen LogP contribution in [0.3, 0.4) is 0 Å². The second-order valence-electron chi connectivity index (χ2n) is 5.19. The van der Waals surface area contributed by atoms with Crippen molar-refractivity contribution >= 4 is 27.8 Å². The van der Waals surface area contributed by atoms with E-state index in [0.29, 0.717) is 10.6 Å². The highest BCUT2D eigenvalue weighted by atomic mass is 32.1. The zero-order valence-corrected chi connectivity index (χ0v) is 12.9. The van der Waals surface area contributed by atoms with Gasteiger partial charge in [0.1, 0.15) is 0 Å². The van der Waals surface area contributed by atoms with Crippen LogP contribution in [0.15, 0.2) is 30.3 Å². The molecule has 20 heavy (non-hydrogen) atoms. The summed E-state index contributed by atoms with van der Waals surface area (Å²) in [6.07, 6.45) is 0. The summed E-state index contributed by atoms with van der Waals surface area (Å²) in [4.78, 5) is 12.7. The highest BCUT2D eigenvalue weighted by Gasteiger charge is 2.17. The van der Waals surface area contributed by atoms with Gasteiger partial charge in [-0.15, -0.1) is 11.3 Å². The molecule has 1 aromatic heterocycles. The van der Waals surface area contributed by atoms with E-state index in [2.05, 4.69) is 24.4 Å². The van der Waals surface area contributed by atoms with Crippen molar-refractivity contribution in [1.29, 1.82) is 0 Å². The first-order valence-corrected chi connectivity index (χ1v) is 7.52. The van der Waals surface area contributed by atoms with Gasteiger partial charge < -0.3 is 11.1 Å². The number of nitrogens with one attached hydrogen (secondary N) is 1. The van der Waals surface area contributed by atoms with Gasteiger partial charge in [0.2, 0.25) is 0 Å². The van der Waals surface area contributed by atoms with Gasteiger partial charge in [-0.05, 0) is 24.1 Å². The Morgan fingerprint density at radius 2 is 2.05 bits per heavy atom. The topological polar surface area (TPSA) is 55.1 Å². The number of thiophene rings is 1. The smallest absolute Gasteiger partial charge is 0.177 e. The molecule has 1 aromatic carbocycles. The number of nitrogen functional groups attached to an aromatic ring is 1. The highest BCUT2D eigenvalue weighted by Crippen LogP contribution is 2.31. The zero-order chi connectivity index (χ0) is 14.7. The average molecular weight is 288 g/mol. The van der Waals surface area contributed by atoms with E-state index in [1.54, 1.807) is 0 Å². The van der Waals surface area contributed by atoms with Gasteiger partial charge >= 0.3 is 0 Å². The van der Waals surface area contributed by atoms with Crippen LogP contribution in [0.5, 0.6) is 0 Å². The lowest BCUT2D eigenvalue weighted by molar-refractivity contribution is 0.0944. The molecule has 0 aliphatic carbocycles. The standard InChI is InChI=1S/C16H20N2OS/c1-10(2)15(19)16-13(17)8-14(20-16)18-9-12-7-5-4-6-11(12)3/h4-8,10,18H,9,17H2,1-3H3. The van der Waals surface area contributed by atoms with Crippen LogP contribution >= 0.6 is 11.3 Å². The Morgan fingerprint density at radius 3 is 2.70 bits per heavy atom. The summed E-state index contributed by atoms with van der Waals surface area (Å²) in [7, 11) is 0. The molecule has 0 atom stereocenters. The van der Waals surface area contributed by atoms with E-state index >= 15 is 0 Å². The maximum atomic E-state index is 12.0. The SMILES string of the molecule is Cc1ccccc1CNc1cc(N)c(C(=O)C(C)C)s1. The van der Waals surface area contributed by atoms with E-state index in [-0.39, 0.29) is 11.7 Å². The molecule has 0 radical (unpaired) electrons. The van der Waals surface area contributed by atoms with Crippen molar-refractivity contribution < 1.29 is 4.79 Å². The highest BCUT2D eigenvalue weighted by molar-refractivity contribution is 7.18. The molecule has 0 aliphatic rings. The van der Waals surface area contributed by atoms with Crippen LogP contribution in [-0.2, 0) is 6.54 Å². The molecule has 0 saturated heterocycles. The van der Waals surface area contributed by atoms with Crippen LogP contribution in [0.1, 0.15) is 34.6 Å². The molecule has 0 fully saturated rings. The van der Waals surface area contributed by atoms with E-state index in [1.807, 2.05) is 32.0 Å². The Kier molecular flexibility index (Phi) is 4.45. The van der Waals surface area contributed by atoms with Crippen LogP contribution in [0.4, 0.5) is 10.7 Å². The summed E-state index contributed by atoms with van der Waals surface area (Å²) in [5, 5.41) is 4.28. The number of rotatable bonds is 5. The van der Waals surface area contributed by atoms with Crippen LogP contribution < -0.4 is 11.1 Å². The predicted octanol–water partition coefficient (Wildman–Crippen LogP) is 4.09. The van der Waals surface area contributed by atoms with Gasteiger partial charge in [0.15, 0.2) is 5.78 Å². The first-order valence-electron chi connectivity index (χ1n) is 6.71. The third-order valence-electron chi connectivity index (χ3n) is 3.22. The van der Waals surface area contributed by atoms with Gasteiger partial charge in [0, 0.05) is 12.5 Å². The van der Waals surface area contributed by atoms with Gasteiger partial charge in [-0.1, -0.05) is 38.1 Å². The van der Waals surface area contributed by atoms with Crippen molar-refractivity contribution in [2.75, 3.05) is 11.1 Å². The molecule has 0 saturated carbocycles. The van der Waals surface area contributed by atoms with E-state index in [1.165, 1.54) is 22.5 Å². The van der Waals surface area contributed by atoms with Crippen molar-refractivity contribution in [2.45, 2.75) is 27.3 Å². The maximum absolute atomic E-state index is 12.0. The fraction of sp³-hybridized carbons (Fsp3) is 0.312. The maximum Gasteiger partial charge on any atom is 0.177 e. The largest absolute Gasteiger partial charge is 0.397 e. The average Bonchev–Trinajstić information content (AvgIpc) is 2.78. The van der Waals surface area contributed by atoms with Crippen LogP contribution in [0, 0.1) is 12.8 Å². The number of nitrogens with two attached hydrogens (primary N) is 1. The number of aryl methyl sites for hydroxylation is 1. The summed E-state index contributed by atoms with van der Waals surface area (Å²) in [6.45, 7) is 6.61. The lowest BCUT2D eigenvalue weighted by Gasteiger charge is -2.06. The van der Waals surface area contributed by atoms with Crippen molar-refractivity contribution in [3.05, 3.63) is 46.3 Å². The van der Waals surface area contributed by atoms with Gasteiger partial charge in [-0.25, -0.2) is 0 Å². The number of benzene rings is 1. The zero-order valence-electron chi connectivity index (χ0n) is 12.1. The van der Waals surface area contributed by atoms with Crippen molar-refractivity contribution in [3.8, 4) is 0 Å². The van der Waals surface area contributed by atoms with E-state index in [4.69, 9.17) is 5.73 Å². The molecule has 4 heteroatoms. The fourth-order valence-corrected chi connectivity index (χ4v) is 3.00. The summed E-state index contributed by atoms with van der Waals surface area (Å²) < 4.78 is 0. The molecule has 2 rings (SSSR count). The van der Waals surface area contributed by atoms with E-state index in [9.17, 15) is 4.79 Å². The van der Waals surface area contributed by atoms with Crippen molar-refractivity contribution in [3.63, 3.8) is 0 Å². The molecule has 0 bridgehead atoms. The lowest BCUT2D eigenvalue weighted by Crippen LogP contribution is -2.07. The lowest BCUT2D eigenvalue weighted by atomic mass is 10.1. The second kappa shape index (κ2) is 6.09. The molecule has 3 N–H and O–H groups in total. The number of carbonyl (C=O) groups excluding carboxylic acids is 1. The van der Waals surface area contributed by atoms with Crippen molar-refractivity contribution in [1.82, 2.24) is 0 Å². The van der Waals surface area contributed by atoms with Crippen LogP contribution in [-0.4, -0.2) is 5.78 Å². The summed E-state index contributed by atoms with van der Waals surface area (Å²) in [5.74, 6) is 0.0802. The minimum absolute atomic E-state index is 0.0276. The molecule has 2 aromatic rings. The first-order chi connectivity index (χ1) is 9.49. The third-order valence-corrected chi connectivity index (χ3v) is 4.35. The second-order valence-corrected chi connectivity index (χ2v) is 6.25. The van der Waals surface area contributed by atoms with E-state index in [0.717, 1.165) is 11.5 Å². The van der Waals surface area contributed by atoms with E-state index < -0.39 is 0 Å². The minimum Gasteiger partial charge on any atom is -0.397 e. The monoisotopic (exact) mass is 288 g/mol. The number of hydrogen-bond acceptors (Lipinski definition) is 4. The number of ketones is 1. The molecule has 106 valence electrons. The molecule has 3 nitrogen and oxygen atoms in total. The van der Waals surface area contributed by atoms with Gasteiger partial charge in [0.05, 0.1) is 15.6 Å². The molecule has 0 aliphatic heterocycles. The predicted molar refractivity (Wildman–Crippen MR) is 86.4 cm³/mol. The fourth-order valence-electron chi connectivity index (χ4n) is 1.94. The van der Waals surface area contributed by atoms with Crippen molar-refractivity contribution in [2.24, 2.45) is 5.92 Å². The molecular weight excluding hydrogens is 268 g/mol. The Hall–Kier alpha value is -1.81. The van der Waals surface area contributed by atoms with Gasteiger partial charge in [-0.2, -0.15) is 0 Å². The molecular formula is C16H20N2OS. The molecule has 1 heterocycles. The Balaban J connectivity index is 2.10. The summed E-state index contributed by atoms with van der Waals surface area (Å²) in [6, 6.07) is 10.1. The Morgan fingerprint density at radius 1 is 1.35 bits per heavy atom. The number of carbonyl (C=O) groups is 1. The minimum atomic E-state index is -0.0276. The Bertz CT molecular complexity index is 617. The molecule has 0 amide bonds. The van der Waals surface area contributed by atoms with Crippen LogP contribution in [0.25, 0.3) is 0 Å². The third kappa shape index (κ3) is 3.20.